The number of hydrogen-bond donors (Lipinski definition) is 2. The Kier molecular flexibility index (Phi) is 4.86. The summed E-state index contributed by atoms with van der Waals surface area (Å²) in [5.41, 5.74) is 3.65. The number of methoxy groups -OCH3 is 2. The van der Waals surface area contributed by atoms with Crippen LogP contribution >= 0.6 is 0 Å². The molecular formula is C22H23NO8. The molecule has 164 valence electrons. The number of hydrogen-bond acceptors (Lipinski definition) is 8. The number of fused-ring (bicyclic) bond motifs is 3. The predicted molar refractivity (Wildman–Crippen MR) is 104 cm³/mol. The van der Waals surface area contributed by atoms with Crippen molar-refractivity contribution in [3.05, 3.63) is 29.3 Å². The molecule has 0 saturated heterocycles. The second-order valence-electron chi connectivity index (χ2n) is 8.43. The average Bonchev–Trinajstić information content (AvgIpc) is 2.71. The molecule has 2 saturated carbocycles. The molecule has 0 spiro atoms. The summed E-state index contributed by atoms with van der Waals surface area (Å²) < 4.78 is 11.2. The molecule has 4 rings (SSSR count). The molecule has 0 aromatic heterocycles. The minimum Gasteiger partial charge on any atom is -0.507 e. The Morgan fingerprint density at radius 1 is 1.16 bits per heavy atom. The summed E-state index contributed by atoms with van der Waals surface area (Å²) in [5, 5.41) is 10.3. The van der Waals surface area contributed by atoms with E-state index in [4.69, 9.17) is 15.2 Å². The van der Waals surface area contributed by atoms with E-state index in [0.29, 0.717) is 5.56 Å². The van der Waals surface area contributed by atoms with Crippen molar-refractivity contribution in [3.63, 3.8) is 0 Å². The number of Topliss-reactive ketones (excluding diaryl/α,β-unsaturated/α-hetero) is 4. The Labute approximate surface area is 177 Å². The lowest BCUT2D eigenvalue weighted by Crippen LogP contribution is -2.73. The lowest BCUT2D eigenvalue weighted by Gasteiger charge is -2.55. The first-order valence-corrected chi connectivity index (χ1v) is 9.98. The number of ether oxygens (including phenoxy) is 2. The maximum Gasteiger partial charge on any atom is 0.235 e. The van der Waals surface area contributed by atoms with E-state index in [2.05, 4.69) is 0 Å². The zero-order valence-corrected chi connectivity index (χ0v) is 17.3. The molecule has 1 aromatic rings. The summed E-state index contributed by atoms with van der Waals surface area (Å²) in [7, 11) is 2.51. The third-order valence-corrected chi connectivity index (χ3v) is 7.25. The Hall–Kier alpha value is -2.91. The van der Waals surface area contributed by atoms with Crippen molar-refractivity contribution >= 4 is 29.0 Å². The number of rotatable bonds is 3. The summed E-state index contributed by atoms with van der Waals surface area (Å²) in [6.07, 6.45) is -1.19. The van der Waals surface area contributed by atoms with Gasteiger partial charge in [-0.25, -0.2) is 0 Å². The van der Waals surface area contributed by atoms with Gasteiger partial charge < -0.3 is 20.3 Å². The van der Waals surface area contributed by atoms with Crippen molar-refractivity contribution in [2.75, 3.05) is 14.2 Å². The van der Waals surface area contributed by atoms with Gasteiger partial charge in [0.1, 0.15) is 5.75 Å². The normalized spacial score (nSPS) is 37.1. The third-order valence-electron chi connectivity index (χ3n) is 7.25. The van der Waals surface area contributed by atoms with Gasteiger partial charge in [-0.2, -0.15) is 0 Å². The Balaban J connectivity index is 1.95. The Bertz CT molecular complexity index is 1030. The number of phenols is 1. The zero-order valence-electron chi connectivity index (χ0n) is 17.3. The van der Waals surface area contributed by atoms with Crippen molar-refractivity contribution in [1.82, 2.24) is 0 Å². The van der Waals surface area contributed by atoms with Crippen LogP contribution in [-0.2, 0) is 28.7 Å². The molecule has 0 radical (unpaired) electrons. The van der Waals surface area contributed by atoms with Crippen molar-refractivity contribution in [2.24, 2.45) is 29.4 Å². The van der Waals surface area contributed by atoms with E-state index >= 15 is 0 Å². The van der Waals surface area contributed by atoms with E-state index in [1.54, 1.807) is 19.1 Å². The third kappa shape index (κ3) is 2.53. The largest absolute Gasteiger partial charge is 0.507 e. The number of ketones is 4. The zero-order chi connectivity index (χ0) is 22.8. The molecule has 3 N–H and O–H groups in total. The minimum atomic E-state index is -2.22. The smallest absolute Gasteiger partial charge is 0.235 e. The first-order valence-electron chi connectivity index (χ1n) is 9.98. The van der Waals surface area contributed by atoms with Gasteiger partial charge in [-0.3, -0.25) is 24.0 Å². The standard InChI is InChI=1S/C22H23NO8/c1-8-9-5-4-6-11(24)14(9)17(26)16-13(8)18(30-2)10-7-12(25)15(21(23)29)19(27)22(10,31-3)20(16)28/h4-6,8,10,13,15-16,18,24H,7H2,1-3H3,(H2,23,29)/t8-,10+,13+,15?,16?,18+,22+/m0/s1. The Morgan fingerprint density at radius 2 is 1.84 bits per heavy atom. The highest BCUT2D eigenvalue weighted by atomic mass is 16.5. The Morgan fingerprint density at radius 3 is 2.42 bits per heavy atom. The van der Waals surface area contributed by atoms with Gasteiger partial charge >= 0.3 is 0 Å². The number of primary amides is 1. The van der Waals surface area contributed by atoms with Crippen LogP contribution in [0.25, 0.3) is 0 Å². The molecule has 2 fully saturated rings. The van der Waals surface area contributed by atoms with Gasteiger partial charge in [0.2, 0.25) is 5.91 Å². The van der Waals surface area contributed by atoms with Gasteiger partial charge in [0.15, 0.2) is 34.7 Å². The fourth-order valence-electron chi connectivity index (χ4n) is 5.93. The summed E-state index contributed by atoms with van der Waals surface area (Å²) >= 11 is 0. The average molecular weight is 429 g/mol. The highest BCUT2D eigenvalue weighted by Crippen LogP contribution is 2.55. The van der Waals surface area contributed by atoms with E-state index in [1.807, 2.05) is 0 Å². The molecule has 2 unspecified atom stereocenters. The number of carbonyl (C=O) groups excluding carboxylic acids is 5. The van der Waals surface area contributed by atoms with Gasteiger partial charge in [-0.05, 0) is 17.5 Å². The second-order valence-corrected chi connectivity index (χ2v) is 8.43. The molecule has 7 atom stereocenters. The van der Waals surface area contributed by atoms with Crippen molar-refractivity contribution in [3.8, 4) is 5.75 Å². The molecule has 1 aromatic carbocycles. The fourth-order valence-corrected chi connectivity index (χ4v) is 5.93. The van der Waals surface area contributed by atoms with E-state index in [-0.39, 0.29) is 17.7 Å². The number of nitrogens with two attached hydrogens (primary N) is 1. The molecule has 0 heterocycles. The van der Waals surface area contributed by atoms with Crippen LogP contribution in [0.3, 0.4) is 0 Å². The van der Waals surface area contributed by atoms with Crippen molar-refractivity contribution in [1.29, 1.82) is 0 Å². The maximum atomic E-state index is 13.8. The highest BCUT2D eigenvalue weighted by molar-refractivity contribution is 6.31. The number of amides is 1. The molecule has 1 amide bonds. The summed E-state index contributed by atoms with van der Waals surface area (Å²) in [5.74, 6) is -9.91. The maximum absolute atomic E-state index is 13.8. The van der Waals surface area contributed by atoms with Crippen LogP contribution in [0.15, 0.2) is 18.2 Å². The first kappa shape index (κ1) is 21.3. The number of phenolic OH excluding ortho intramolecular Hbond substituents is 1. The summed E-state index contributed by atoms with van der Waals surface area (Å²) in [4.78, 5) is 65.1. The van der Waals surface area contributed by atoms with Crippen LogP contribution in [0.4, 0.5) is 0 Å². The first-order chi connectivity index (χ1) is 14.6. The topological polar surface area (TPSA) is 150 Å². The lowest BCUT2D eigenvalue weighted by atomic mass is 9.50. The molecule has 3 aliphatic carbocycles. The summed E-state index contributed by atoms with van der Waals surface area (Å²) in [6, 6.07) is 4.66. The van der Waals surface area contributed by atoms with Crippen LogP contribution in [0.2, 0.25) is 0 Å². The van der Waals surface area contributed by atoms with Gasteiger partial charge in [0.05, 0.1) is 17.6 Å². The van der Waals surface area contributed by atoms with E-state index in [1.165, 1.54) is 13.2 Å². The van der Waals surface area contributed by atoms with E-state index < -0.39 is 70.3 Å². The van der Waals surface area contributed by atoms with Gasteiger partial charge in [0, 0.05) is 32.5 Å². The van der Waals surface area contributed by atoms with Gasteiger partial charge in [-0.1, -0.05) is 19.1 Å². The SMILES string of the molecule is CO[C@H]1[C@H]2C(C(=O)c3c(O)cccc3[C@@H]2C)C(=O)[C@]2(OC)C(=O)C(C(N)=O)C(=O)C[C@H]12. The molecule has 3 aliphatic rings. The highest BCUT2D eigenvalue weighted by Gasteiger charge is 2.71. The monoisotopic (exact) mass is 429 g/mol. The summed E-state index contributed by atoms with van der Waals surface area (Å²) in [6.45, 7) is 1.81. The molecule has 9 heteroatoms. The molecule has 0 bridgehead atoms. The molecular weight excluding hydrogens is 406 g/mol. The molecule has 31 heavy (non-hydrogen) atoms. The lowest BCUT2D eigenvalue weighted by molar-refractivity contribution is -0.197. The molecule has 9 nitrogen and oxygen atoms in total. The number of aromatic hydroxyl groups is 1. The van der Waals surface area contributed by atoms with Gasteiger partial charge in [0.25, 0.3) is 0 Å². The van der Waals surface area contributed by atoms with E-state index in [9.17, 15) is 29.1 Å². The minimum absolute atomic E-state index is 0.0231. The molecule has 0 aliphatic heterocycles. The van der Waals surface area contributed by atoms with E-state index in [0.717, 1.165) is 7.11 Å². The van der Waals surface area contributed by atoms with Crippen molar-refractivity contribution < 1.29 is 38.6 Å². The predicted octanol–water partition coefficient (Wildman–Crippen LogP) is 0.167. The van der Waals surface area contributed by atoms with Gasteiger partial charge in [-0.15, -0.1) is 0 Å². The van der Waals surface area contributed by atoms with Crippen LogP contribution in [0.1, 0.15) is 35.2 Å². The van der Waals surface area contributed by atoms with Crippen LogP contribution < -0.4 is 5.73 Å². The quantitative estimate of drug-likeness (QED) is 0.646. The van der Waals surface area contributed by atoms with Crippen LogP contribution in [-0.4, -0.2) is 60.1 Å². The van der Waals surface area contributed by atoms with Crippen LogP contribution in [0, 0.1) is 23.7 Å². The number of benzene rings is 1. The number of carbonyl (C=O) groups is 5. The van der Waals surface area contributed by atoms with Crippen molar-refractivity contribution in [2.45, 2.75) is 31.0 Å². The van der Waals surface area contributed by atoms with Crippen LogP contribution in [0.5, 0.6) is 5.75 Å². The fraction of sp³-hybridized carbons (Fsp3) is 0.500. The second kappa shape index (κ2) is 7.06.